The summed E-state index contributed by atoms with van der Waals surface area (Å²) in [6, 6.07) is 6.67. The smallest absolute Gasteiger partial charge is 0.243 e. The van der Waals surface area contributed by atoms with Gasteiger partial charge >= 0.3 is 0 Å². The first-order chi connectivity index (χ1) is 35.5. The number of guanidine groups is 1. The van der Waals surface area contributed by atoms with Crippen molar-refractivity contribution in [2.24, 2.45) is 22.2 Å². The Balaban J connectivity index is 1.55. The van der Waals surface area contributed by atoms with Crippen LogP contribution in [0.25, 0.3) is 10.9 Å². The third-order valence-corrected chi connectivity index (χ3v) is 12.3. The minimum atomic E-state index is -1.58. The lowest BCUT2D eigenvalue weighted by molar-refractivity contribution is -0.136. The van der Waals surface area contributed by atoms with Crippen LogP contribution >= 0.6 is 0 Å². The van der Waals surface area contributed by atoms with Crippen LogP contribution in [0.15, 0.2) is 78.3 Å². The lowest BCUT2D eigenvalue weighted by Crippen LogP contribution is -2.61. The molecule has 1 saturated heterocycles. The van der Waals surface area contributed by atoms with Gasteiger partial charge < -0.3 is 69.7 Å². The van der Waals surface area contributed by atoms with E-state index in [0.29, 0.717) is 29.7 Å². The molecule has 4 aromatic rings. The van der Waals surface area contributed by atoms with E-state index in [0.717, 1.165) is 10.9 Å². The second-order valence-electron chi connectivity index (χ2n) is 18.2. The highest BCUT2D eigenvalue weighted by atomic mass is 16.2. The summed E-state index contributed by atoms with van der Waals surface area (Å²) in [6.45, 7) is 3.26. The van der Waals surface area contributed by atoms with E-state index >= 15 is 0 Å². The third-order valence-electron chi connectivity index (χ3n) is 12.3. The zero-order valence-electron chi connectivity index (χ0n) is 41.7. The summed E-state index contributed by atoms with van der Waals surface area (Å²) in [6.07, 6.45) is 5.72. The maximum Gasteiger partial charge on any atom is 0.243 e. The number of amides is 9. The summed E-state index contributed by atoms with van der Waals surface area (Å²) in [5.74, 6) is -7.10. The Morgan fingerprint density at radius 3 is 2.08 bits per heavy atom. The van der Waals surface area contributed by atoms with Gasteiger partial charge in [-0.2, -0.15) is 0 Å². The number of carbonyl (C=O) groups excluding carboxylic acids is 9. The van der Waals surface area contributed by atoms with Crippen LogP contribution in [0.2, 0.25) is 0 Å². The standard InChI is InChI=1S/C50H69N15O9/c1-3-4-16-36(59-29(2)66)44(69)65-41-25-42(67)55-20-11-10-18-35(43(51)68)60-47(72)39(23-31-26-57-34-17-9-8-15-33(31)34)63-45(70)37(19-12-21-56-50(52)53)61-46(71)38(22-30-13-6-5-7-14-30)62-48(73)40(64-49(41)74)24-32-27-54-28-58-32/h5-9,13-15,17,26-28,35-41,57H,3-4,10-12,16,18-25H2,1-2H3,(H2,51,68)(H,54,58)(H,55,67)(H,59,66)(H,60,72)(H,61,71)(H,62,73)(H,63,70)(H,64,74)(H,65,69)(H4,52,53,56)/t35-,36-,37?,38+,39-,40-,41-/m0/s1. The monoisotopic (exact) mass is 1020 g/mol. The second kappa shape index (κ2) is 28.7. The highest BCUT2D eigenvalue weighted by Gasteiger charge is 2.35. The molecule has 3 heterocycles. The van der Waals surface area contributed by atoms with E-state index in [1.165, 1.54) is 19.4 Å². The highest BCUT2D eigenvalue weighted by Crippen LogP contribution is 2.20. The van der Waals surface area contributed by atoms with Crippen molar-refractivity contribution >= 4 is 70.0 Å². The van der Waals surface area contributed by atoms with Crippen molar-refractivity contribution in [2.45, 2.75) is 133 Å². The molecule has 0 radical (unpaired) electrons. The van der Waals surface area contributed by atoms with Gasteiger partial charge in [-0.15, -0.1) is 0 Å². The number of fused-ring (bicyclic) bond motifs is 1. The molecule has 0 aliphatic carbocycles. The van der Waals surface area contributed by atoms with Gasteiger partial charge in [0.25, 0.3) is 0 Å². The summed E-state index contributed by atoms with van der Waals surface area (Å²) in [5.41, 5.74) is 19.4. The van der Waals surface area contributed by atoms with Gasteiger partial charge in [-0.05, 0) is 55.7 Å². The molecule has 74 heavy (non-hydrogen) atoms. The quantitative estimate of drug-likeness (QED) is 0.0335. The first kappa shape index (κ1) is 56.6. The Hall–Kier alpha value is -8.31. The number of nitrogens with zero attached hydrogens (tertiary/aromatic N) is 2. The number of para-hydroxylation sites is 1. The van der Waals surface area contributed by atoms with Gasteiger partial charge in [0, 0.05) is 68.3 Å². The van der Waals surface area contributed by atoms with Crippen molar-refractivity contribution in [1.29, 1.82) is 0 Å². The molecule has 398 valence electrons. The first-order valence-corrected chi connectivity index (χ1v) is 24.8. The van der Waals surface area contributed by atoms with Gasteiger partial charge in [-0.3, -0.25) is 48.1 Å². The molecule has 24 heteroatoms. The number of hydrogen-bond acceptors (Lipinski definition) is 11. The Morgan fingerprint density at radius 1 is 0.757 bits per heavy atom. The van der Waals surface area contributed by atoms with E-state index in [1.807, 2.05) is 31.2 Å². The molecule has 1 fully saturated rings. The number of aromatic amines is 2. The molecule has 24 nitrogen and oxygen atoms in total. The zero-order chi connectivity index (χ0) is 53.6. The number of rotatable bonds is 17. The Morgan fingerprint density at radius 2 is 1.41 bits per heavy atom. The summed E-state index contributed by atoms with van der Waals surface area (Å²) in [4.78, 5) is 139. The number of primary amides is 1. The van der Waals surface area contributed by atoms with Gasteiger partial charge in [0.1, 0.15) is 42.3 Å². The SMILES string of the molecule is CCCC[C@H](NC(C)=O)C(=O)N[C@H]1CC(=O)NCCCC[C@@H](C(N)=O)NC(=O)[C@H](Cc2c[nH]c3ccccc23)NC(=O)C(CCCN=C(N)N)NC(=O)[C@@H](Cc2ccccc2)NC(=O)[C@H](Cc2cnc[nH]2)NC1=O. The summed E-state index contributed by atoms with van der Waals surface area (Å²) >= 11 is 0. The zero-order valence-corrected chi connectivity index (χ0v) is 41.7. The van der Waals surface area contributed by atoms with Crippen molar-refractivity contribution in [3.05, 3.63) is 90.1 Å². The van der Waals surface area contributed by atoms with Gasteiger partial charge in [0.05, 0.1) is 12.7 Å². The molecule has 5 rings (SSSR count). The fourth-order valence-electron chi connectivity index (χ4n) is 8.40. The van der Waals surface area contributed by atoms with Crippen LogP contribution in [-0.2, 0) is 62.4 Å². The van der Waals surface area contributed by atoms with Crippen LogP contribution < -0.4 is 59.7 Å². The number of unbranched alkanes of at least 4 members (excludes halogenated alkanes) is 1. The number of imidazole rings is 1. The predicted octanol–water partition coefficient (Wildman–Crippen LogP) is -1.25. The molecule has 16 N–H and O–H groups in total. The van der Waals surface area contributed by atoms with Crippen molar-refractivity contribution in [3.63, 3.8) is 0 Å². The lowest BCUT2D eigenvalue weighted by atomic mass is 10.0. The Kier molecular flexibility index (Phi) is 21.9. The summed E-state index contributed by atoms with van der Waals surface area (Å²) < 4.78 is 0. The van der Waals surface area contributed by atoms with E-state index in [2.05, 4.69) is 62.5 Å². The van der Waals surface area contributed by atoms with Crippen LogP contribution in [0.1, 0.15) is 88.5 Å². The van der Waals surface area contributed by atoms with Gasteiger partial charge in [0.2, 0.25) is 53.2 Å². The molecule has 1 aliphatic rings. The normalized spacial score (nSPS) is 21.3. The summed E-state index contributed by atoms with van der Waals surface area (Å²) in [5, 5.41) is 22.4. The average Bonchev–Trinajstić information content (AvgIpc) is 4.04. The third kappa shape index (κ3) is 18.1. The first-order valence-electron chi connectivity index (χ1n) is 24.8. The number of benzene rings is 2. The van der Waals surface area contributed by atoms with E-state index in [1.54, 1.807) is 36.5 Å². The largest absolute Gasteiger partial charge is 0.370 e. The minimum absolute atomic E-state index is 0.0408. The lowest BCUT2D eigenvalue weighted by Gasteiger charge is -2.28. The molecule has 7 atom stereocenters. The number of H-pyrrole nitrogens is 2. The number of carbonyl (C=O) groups is 9. The van der Waals surface area contributed by atoms with E-state index < -0.39 is 102 Å². The van der Waals surface area contributed by atoms with Crippen LogP contribution in [0.4, 0.5) is 0 Å². The van der Waals surface area contributed by atoms with E-state index in [4.69, 9.17) is 17.2 Å². The Bertz CT molecular complexity index is 2580. The van der Waals surface area contributed by atoms with Crippen molar-refractivity contribution < 1.29 is 43.2 Å². The minimum Gasteiger partial charge on any atom is -0.370 e. The van der Waals surface area contributed by atoms with E-state index in [9.17, 15) is 43.2 Å². The fraction of sp³-hybridized carbons (Fsp3) is 0.460. The topological polar surface area (TPSA) is 385 Å². The van der Waals surface area contributed by atoms with Crippen molar-refractivity contribution in [3.8, 4) is 0 Å². The highest BCUT2D eigenvalue weighted by molar-refractivity contribution is 5.99. The predicted molar refractivity (Wildman–Crippen MR) is 274 cm³/mol. The van der Waals surface area contributed by atoms with Gasteiger partial charge in [0.15, 0.2) is 5.96 Å². The van der Waals surface area contributed by atoms with Crippen molar-refractivity contribution in [1.82, 2.24) is 57.5 Å². The Labute approximate surface area is 428 Å². The number of aliphatic imine (C=N–C) groups is 1. The molecule has 1 unspecified atom stereocenters. The van der Waals surface area contributed by atoms with Crippen LogP contribution in [-0.4, -0.2) is 129 Å². The maximum absolute atomic E-state index is 14.7. The summed E-state index contributed by atoms with van der Waals surface area (Å²) in [7, 11) is 0. The average molecular weight is 1020 g/mol. The fourth-order valence-corrected chi connectivity index (χ4v) is 8.40. The number of nitrogens with two attached hydrogens (primary N) is 3. The molecule has 2 aromatic heterocycles. The molecule has 0 spiro atoms. The number of aromatic nitrogens is 3. The van der Waals surface area contributed by atoms with Gasteiger partial charge in [-0.1, -0.05) is 68.3 Å². The molecule has 0 saturated carbocycles. The number of nitrogens with one attached hydrogen (secondary N) is 10. The van der Waals surface area contributed by atoms with Crippen LogP contribution in [0.3, 0.4) is 0 Å². The van der Waals surface area contributed by atoms with Gasteiger partial charge in [-0.25, -0.2) is 4.98 Å². The maximum atomic E-state index is 14.7. The van der Waals surface area contributed by atoms with Crippen LogP contribution in [0.5, 0.6) is 0 Å². The molecule has 9 amide bonds. The second-order valence-corrected chi connectivity index (χ2v) is 18.2. The van der Waals surface area contributed by atoms with Crippen LogP contribution in [0, 0.1) is 0 Å². The van der Waals surface area contributed by atoms with E-state index in [-0.39, 0.29) is 76.8 Å². The molecule has 1 aliphatic heterocycles. The molecular weight excluding hydrogens is 955 g/mol. The molecule has 0 bridgehead atoms. The molecule has 2 aromatic carbocycles. The van der Waals surface area contributed by atoms with Crippen molar-refractivity contribution in [2.75, 3.05) is 13.1 Å². The number of hydrogen-bond donors (Lipinski definition) is 13. The molecular formula is C50H69N15O9.